The molecule has 1 N–H and O–H groups in total. The van der Waals surface area contributed by atoms with Crippen LogP contribution in [0.1, 0.15) is 12.0 Å². The van der Waals surface area contributed by atoms with Crippen molar-refractivity contribution in [3.8, 4) is 0 Å². The maximum absolute atomic E-state index is 12.3. The van der Waals surface area contributed by atoms with Crippen LogP contribution in [0.25, 0.3) is 0 Å². The van der Waals surface area contributed by atoms with Gasteiger partial charge in [-0.2, -0.15) is 0 Å². The Morgan fingerprint density at radius 3 is 2.24 bits per heavy atom. The van der Waals surface area contributed by atoms with Crippen LogP contribution in [0.15, 0.2) is 53.4 Å². The van der Waals surface area contributed by atoms with Gasteiger partial charge >= 0.3 is 0 Å². The molecule has 8 heteroatoms. The minimum atomic E-state index is -3.89. The Morgan fingerprint density at radius 2 is 1.64 bits per heavy atom. The van der Waals surface area contributed by atoms with Gasteiger partial charge in [0.25, 0.3) is 0 Å². The summed E-state index contributed by atoms with van der Waals surface area (Å²) in [6, 6.07) is 14.0. The summed E-state index contributed by atoms with van der Waals surface area (Å²) in [6.07, 6.45) is 0.0324. The lowest BCUT2D eigenvalue weighted by Crippen LogP contribution is -2.32. The van der Waals surface area contributed by atoms with Crippen LogP contribution in [0.2, 0.25) is 10.0 Å². The monoisotopic (exact) mass is 400 g/mol. The highest BCUT2D eigenvalue weighted by atomic mass is 35.5. The first-order valence-electron chi connectivity index (χ1n) is 7.53. The number of sulfonamides is 1. The van der Waals surface area contributed by atoms with Crippen molar-refractivity contribution in [2.45, 2.75) is 17.9 Å². The summed E-state index contributed by atoms with van der Waals surface area (Å²) >= 11 is 11.8. The third-order valence-corrected chi connectivity index (χ3v) is 5.92. The van der Waals surface area contributed by atoms with Crippen LogP contribution in [-0.2, 0) is 21.4 Å². The van der Waals surface area contributed by atoms with E-state index in [1.54, 1.807) is 18.0 Å². The van der Waals surface area contributed by atoms with Gasteiger partial charge in [-0.3, -0.25) is 4.79 Å². The normalized spacial score (nSPS) is 11.3. The topological polar surface area (TPSA) is 66.5 Å². The minimum absolute atomic E-state index is 0.0324. The van der Waals surface area contributed by atoms with E-state index in [-0.39, 0.29) is 33.8 Å². The molecule has 25 heavy (non-hydrogen) atoms. The molecule has 0 saturated heterocycles. The highest BCUT2D eigenvalue weighted by molar-refractivity contribution is 7.89. The number of nitrogens with one attached hydrogen (secondary N) is 1. The number of halogens is 2. The van der Waals surface area contributed by atoms with Gasteiger partial charge in [0.1, 0.15) is 4.90 Å². The molecule has 134 valence electrons. The Bertz CT molecular complexity index is 822. The fourth-order valence-electron chi connectivity index (χ4n) is 2.24. The summed E-state index contributed by atoms with van der Waals surface area (Å²) < 4.78 is 27.0. The number of carbonyl (C=O) groups is 1. The molecule has 0 bridgehead atoms. The second kappa shape index (κ2) is 8.67. The number of nitrogens with zero attached hydrogens (tertiary/aromatic N) is 1. The van der Waals surface area contributed by atoms with E-state index in [9.17, 15) is 13.2 Å². The summed E-state index contributed by atoms with van der Waals surface area (Å²) in [7, 11) is -2.21. The van der Waals surface area contributed by atoms with Crippen molar-refractivity contribution in [2.24, 2.45) is 0 Å². The van der Waals surface area contributed by atoms with E-state index < -0.39 is 10.0 Å². The van der Waals surface area contributed by atoms with Gasteiger partial charge in [0.05, 0.1) is 10.0 Å². The van der Waals surface area contributed by atoms with E-state index in [0.717, 1.165) is 5.56 Å². The van der Waals surface area contributed by atoms with Gasteiger partial charge in [-0.05, 0) is 17.7 Å². The van der Waals surface area contributed by atoms with Crippen molar-refractivity contribution in [3.63, 3.8) is 0 Å². The molecule has 0 unspecified atom stereocenters. The largest absolute Gasteiger partial charge is 0.341 e. The predicted molar refractivity (Wildman–Crippen MR) is 99.2 cm³/mol. The summed E-state index contributed by atoms with van der Waals surface area (Å²) in [4.78, 5) is 13.5. The number of rotatable bonds is 7. The van der Waals surface area contributed by atoms with E-state index in [4.69, 9.17) is 23.2 Å². The third kappa shape index (κ3) is 5.44. The van der Waals surface area contributed by atoms with Crippen LogP contribution in [0, 0.1) is 0 Å². The fourth-order valence-corrected chi connectivity index (χ4v) is 4.41. The number of hydrogen-bond donors (Lipinski definition) is 1. The molecule has 0 heterocycles. The molecule has 0 spiro atoms. The van der Waals surface area contributed by atoms with Crippen LogP contribution < -0.4 is 4.72 Å². The maximum atomic E-state index is 12.3. The van der Waals surface area contributed by atoms with E-state index in [2.05, 4.69) is 4.72 Å². The molecule has 0 aliphatic carbocycles. The lowest BCUT2D eigenvalue weighted by Gasteiger charge is -2.17. The number of hydrogen-bond acceptors (Lipinski definition) is 3. The van der Waals surface area contributed by atoms with Crippen molar-refractivity contribution in [1.82, 2.24) is 9.62 Å². The van der Waals surface area contributed by atoms with Gasteiger partial charge in [0, 0.05) is 26.6 Å². The molecule has 0 aliphatic heterocycles. The van der Waals surface area contributed by atoms with Gasteiger partial charge in [0.2, 0.25) is 15.9 Å². The van der Waals surface area contributed by atoms with E-state index in [1.807, 2.05) is 30.3 Å². The van der Waals surface area contributed by atoms with Crippen molar-refractivity contribution >= 4 is 39.1 Å². The molecule has 1 amide bonds. The second-order valence-electron chi connectivity index (χ2n) is 5.43. The molecule has 0 saturated carbocycles. The summed E-state index contributed by atoms with van der Waals surface area (Å²) in [6.45, 7) is 0.421. The Morgan fingerprint density at radius 1 is 1.04 bits per heavy atom. The highest BCUT2D eigenvalue weighted by Gasteiger charge is 2.21. The fraction of sp³-hybridized carbons (Fsp3) is 0.235. The van der Waals surface area contributed by atoms with Crippen molar-refractivity contribution < 1.29 is 13.2 Å². The van der Waals surface area contributed by atoms with Gasteiger partial charge in [-0.15, -0.1) is 0 Å². The molecular formula is C17H18Cl2N2O3S. The van der Waals surface area contributed by atoms with Crippen molar-refractivity contribution in [2.75, 3.05) is 13.6 Å². The first kappa shape index (κ1) is 19.7. The highest BCUT2D eigenvalue weighted by Crippen LogP contribution is 2.28. The van der Waals surface area contributed by atoms with Gasteiger partial charge < -0.3 is 4.90 Å². The number of carbonyl (C=O) groups excluding carboxylic acids is 1. The molecule has 0 fully saturated rings. The lowest BCUT2D eigenvalue weighted by atomic mass is 10.2. The SMILES string of the molecule is CN(Cc1ccccc1)C(=O)CCNS(=O)(=O)c1c(Cl)cccc1Cl. The predicted octanol–water partition coefficient (Wildman–Crippen LogP) is 3.32. The standard InChI is InChI=1S/C17H18Cl2N2O3S/c1-21(12-13-6-3-2-4-7-13)16(22)10-11-20-25(23,24)17-14(18)8-5-9-15(17)19/h2-9,20H,10-12H2,1H3. The minimum Gasteiger partial charge on any atom is -0.341 e. The smallest absolute Gasteiger partial charge is 0.243 e. The molecule has 0 radical (unpaired) electrons. The van der Waals surface area contributed by atoms with E-state index in [1.165, 1.54) is 12.1 Å². The zero-order valence-electron chi connectivity index (χ0n) is 13.6. The summed E-state index contributed by atoms with van der Waals surface area (Å²) in [5.41, 5.74) is 1.00. The second-order valence-corrected chi connectivity index (χ2v) is 7.95. The quantitative estimate of drug-likeness (QED) is 0.774. The van der Waals surface area contributed by atoms with Gasteiger partial charge in [-0.25, -0.2) is 13.1 Å². The summed E-state index contributed by atoms with van der Waals surface area (Å²) in [5, 5.41) is 0.0695. The Hall–Kier alpha value is -1.60. The first-order chi connectivity index (χ1) is 11.8. The van der Waals surface area contributed by atoms with Crippen LogP contribution in [0.4, 0.5) is 0 Å². The Kier molecular flexibility index (Phi) is 6.84. The average molecular weight is 401 g/mol. The van der Waals surface area contributed by atoms with Gasteiger partial charge in [-0.1, -0.05) is 59.6 Å². The molecule has 0 atom stereocenters. The van der Waals surface area contributed by atoms with Crippen LogP contribution >= 0.6 is 23.2 Å². The zero-order chi connectivity index (χ0) is 18.4. The van der Waals surface area contributed by atoms with Crippen LogP contribution in [0.3, 0.4) is 0 Å². The summed E-state index contributed by atoms with van der Waals surface area (Å²) in [5.74, 6) is -0.170. The molecule has 2 aromatic carbocycles. The molecular weight excluding hydrogens is 383 g/mol. The van der Waals surface area contributed by atoms with Crippen molar-refractivity contribution in [3.05, 3.63) is 64.1 Å². The van der Waals surface area contributed by atoms with Gasteiger partial charge in [0.15, 0.2) is 0 Å². The number of benzene rings is 2. The van der Waals surface area contributed by atoms with E-state index >= 15 is 0 Å². The average Bonchev–Trinajstić information content (AvgIpc) is 2.55. The molecule has 5 nitrogen and oxygen atoms in total. The first-order valence-corrected chi connectivity index (χ1v) is 9.77. The Balaban J connectivity index is 1.92. The maximum Gasteiger partial charge on any atom is 0.243 e. The van der Waals surface area contributed by atoms with E-state index in [0.29, 0.717) is 6.54 Å². The zero-order valence-corrected chi connectivity index (χ0v) is 15.9. The van der Waals surface area contributed by atoms with Crippen LogP contribution in [0.5, 0.6) is 0 Å². The molecule has 0 aliphatic rings. The third-order valence-electron chi connectivity index (χ3n) is 3.51. The number of amides is 1. The van der Waals surface area contributed by atoms with Crippen LogP contribution in [-0.4, -0.2) is 32.8 Å². The molecule has 2 aromatic rings. The van der Waals surface area contributed by atoms with Crippen molar-refractivity contribution in [1.29, 1.82) is 0 Å². The molecule has 2 rings (SSSR count). The molecule has 0 aromatic heterocycles. The Labute approximate surface area is 157 Å². The lowest BCUT2D eigenvalue weighted by molar-refractivity contribution is -0.130.